The Hall–Kier alpha value is -2.48. The highest BCUT2D eigenvalue weighted by Crippen LogP contribution is 2.32. The zero-order valence-corrected chi connectivity index (χ0v) is 12.2. The second-order valence-electron chi connectivity index (χ2n) is 4.88. The first kappa shape index (κ1) is 16.6. The van der Waals surface area contributed by atoms with Crippen LogP contribution in [-0.4, -0.2) is 59.8 Å². The van der Waals surface area contributed by atoms with Crippen LogP contribution in [0.25, 0.3) is 0 Å². The Bertz CT molecular complexity index is 563. The van der Waals surface area contributed by atoms with Crippen LogP contribution < -0.4 is 0 Å². The van der Waals surface area contributed by atoms with Crippen LogP contribution in [0, 0.1) is 10.1 Å². The summed E-state index contributed by atoms with van der Waals surface area (Å²) in [6.07, 6.45) is 0. The number of rotatable bonds is 4. The molecule has 0 aliphatic carbocycles. The van der Waals surface area contributed by atoms with E-state index >= 15 is 0 Å². The van der Waals surface area contributed by atoms with Crippen molar-refractivity contribution in [3.8, 4) is 0 Å². The number of aliphatic hydroxyl groups is 1. The van der Waals surface area contributed by atoms with Crippen molar-refractivity contribution in [3.63, 3.8) is 0 Å². The molecule has 0 aromatic heterocycles. The van der Waals surface area contributed by atoms with Gasteiger partial charge >= 0.3 is 0 Å². The number of nitro benzene ring substituents is 1. The predicted octanol–water partition coefficient (Wildman–Crippen LogP) is -0.0412. The number of likely N-dealkylation sites (N-methyl/N-ethyl adjacent to an activating group) is 2. The molecule has 114 valence electrons. The number of carbonyl (C=O) groups excluding carboxylic acids is 2. The number of carbonyl (C=O) groups is 2. The van der Waals surface area contributed by atoms with Gasteiger partial charge in [-0.3, -0.25) is 19.7 Å². The minimum absolute atomic E-state index is 0.354. The van der Waals surface area contributed by atoms with Crippen LogP contribution in [0.1, 0.15) is 5.56 Å². The van der Waals surface area contributed by atoms with Crippen LogP contribution in [0.5, 0.6) is 0 Å². The maximum atomic E-state index is 12.3. The smallest absolute Gasteiger partial charge is 0.276 e. The monoisotopic (exact) mass is 295 g/mol. The average molecular weight is 295 g/mol. The third-order valence-electron chi connectivity index (χ3n) is 2.92. The Balaban J connectivity index is 3.64. The van der Waals surface area contributed by atoms with Crippen LogP contribution in [0.4, 0.5) is 5.69 Å². The maximum absolute atomic E-state index is 12.3. The number of hydrogen-bond donors (Lipinski definition) is 1. The largest absolute Gasteiger partial charge is 0.368 e. The lowest BCUT2D eigenvalue weighted by Gasteiger charge is -2.30. The second kappa shape index (κ2) is 5.88. The first-order valence-corrected chi connectivity index (χ1v) is 6.03. The van der Waals surface area contributed by atoms with Gasteiger partial charge in [-0.2, -0.15) is 0 Å². The van der Waals surface area contributed by atoms with E-state index in [4.69, 9.17) is 0 Å². The SMILES string of the molecule is CN(C)C(=O)C(O)(C(=O)N(C)C)c1ccccc1[N+](=O)[O-]. The molecule has 0 unspecified atom stereocenters. The van der Waals surface area contributed by atoms with Crippen LogP contribution in [0.2, 0.25) is 0 Å². The summed E-state index contributed by atoms with van der Waals surface area (Å²) in [5.74, 6) is -1.90. The highest BCUT2D eigenvalue weighted by Gasteiger charge is 2.51. The molecule has 0 radical (unpaired) electrons. The quantitative estimate of drug-likeness (QED) is 0.477. The summed E-state index contributed by atoms with van der Waals surface area (Å²) in [7, 11) is 5.41. The van der Waals surface area contributed by atoms with Crippen molar-refractivity contribution in [2.24, 2.45) is 0 Å². The van der Waals surface area contributed by atoms with Gasteiger partial charge in [-0.05, 0) is 6.07 Å². The number of benzene rings is 1. The summed E-state index contributed by atoms with van der Waals surface area (Å²) >= 11 is 0. The summed E-state index contributed by atoms with van der Waals surface area (Å²) in [5.41, 5.74) is -3.49. The fourth-order valence-electron chi connectivity index (χ4n) is 1.91. The van der Waals surface area contributed by atoms with E-state index in [2.05, 4.69) is 0 Å². The topological polar surface area (TPSA) is 104 Å². The molecule has 0 saturated carbocycles. The van der Waals surface area contributed by atoms with Gasteiger partial charge < -0.3 is 14.9 Å². The first-order chi connectivity index (χ1) is 9.63. The molecular formula is C13H17N3O5. The fourth-order valence-corrected chi connectivity index (χ4v) is 1.91. The third-order valence-corrected chi connectivity index (χ3v) is 2.92. The second-order valence-corrected chi connectivity index (χ2v) is 4.88. The van der Waals surface area contributed by atoms with Gasteiger partial charge in [0.15, 0.2) is 0 Å². The molecule has 8 nitrogen and oxygen atoms in total. The predicted molar refractivity (Wildman–Crippen MR) is 74.4 cm³/mol. The van der Waals surface area contributed by atoms with E-state index in [-0.39, 0.29) is 5.56 Å². The van der Waals surface area contributed by atoms with E-state index in [1.807, 2.05) is 0 Å². The molecule has 0 aliphatic heterocycles. The summed E-state index contributed by atoms with van der Waals surface area (Å²) in [6, 6.07) is 5.13. The van der Waals surface area contributed by atoms with Crippen LogP contribution in [0.15, 0.2) is 24.3 Å². The zero-order chi connectivity index (χ0) is 16.4. The molecule has 1 rings (SSSR count). The van der Waals surface area contributed by atoms with Crippen molar-refractivity contribution in [1.82, 2.24) is 9.80 Å². The molecule has 0 bridgehead atoms. The number of para-hydroxylation sites is 1. The number of nitro groups is 1. The molecule has 0 aliphatic rings. The fraction of sp³-hybridized carbons (Fsp3) is 0.385. The average Bonchev–Trinajstić information content (AvgIpc) is 2.44. The van der Waals surface area contributed by atoms with E-state index in [9.17, 15) is 24.8 Å². The molecule has 0 atom stereocenters. The van der Waals surface area contributed by atoms with Crippen LogP contribution in [0.3, 0.4) is 0 Å². The van der Waals surface area contributed by atoms with Gasteiger partial charge in [-0.25, -0.2) is 0 Å². The summed E-state index contributed by atoms with van der Waals surface area (Å²) < 4.78 is 0. The molecule has 0 heterocycles. The lowest BCUT2D eigenvalue weighted by Crippen LogP contribution is -2.54. The highest BCUT2D eigenvalue weighted by atomic mass is 16.6. The Kier molecular flexibility index (Phi) is 4.64. The van der Waals surface area contributed by atoms with Crippen molar-refractivity contribution < 1.29 is 19.6 Å². The minimum Gasteiger partial charge on any atom is -0.368 e. The molecule has 0 spiro atoms. The van der Waals surface area contributed by atoms with Crippen molar-refractivity contribution >= 4 is 17.5 Å². The van der Waals surface area contributed by atoms with Crippen LogP contribution >= 0.6 is 0 Å². The van der Waals surface area contributed by atoms with E-state index in [0.717, 1.165) is 15.9 Å². The minimum atomic E-state index is -2.64. The molecule has 1 N–H and O–H groups in total. The molecule has 1 aromatic carbocycles. The van der Waals surface area contributed by atoms with Gasteiger partial charge in [0, 0.05) is 34.3 Å². The number of amides is 2. The first-order valence-electron chi connectivity index (χ1n) is 6.03. The van der Waals surface area contributed by atoms with E-state index in [1.165, 1.54) is 46.4 Å². The Morgan fingerprint density at radius 3 is 1.90 bits per heavy atom. The van der Waals surface area contributed by atoms with Crippen molar-refractivity contribution in [1.29, 1.82) is 0 Å². The van der Waals surface area contributed by atoms with Gasteiger partial charge in [0.25, 0.3) is 23.1 Å². The lowest BCUT2D eigenvalue weighted by molar-refractivity contribution is -0.386. The molecular weight excluding hydrogens is 278 g/mol. The van der Waals surface area contributed by atoms with Gasteiger partial charge in [0.2, 0.25) is 0 Å². The number of hydrogen-bond acceptors (Lipinski definition) is 5. The summed E-state index contributed by atoms with van der Waals surface area (Å²) in [4.78, 5) is 37.0. The van der Waals surface area contributed by atoms with Crippen molar-refractivity contribution in [3.05, 3.63) is 39.9 Å². The lowest BCUT2D eigenvalue weighted by atomic mass is 9.89. The third kappa shape index (κ3) is 2.84. The van der Waals surface area contributed by atoms with E-state index in [0.29, 0.717) is 0 Å². The van der Waals surface area contributed by atoms with Crippen molar-refractivity contribution in [2.75, 3.05) is 28.2 Å². The van der Waals surface area contributed by atoms with Gasteiger partial charge in [0.05, 0.1) is 10.5 Å². The number of nitrogens with zero attached hydrogens (tertiary/aromatic N) is 3. The van der Waals surface area contributed by atoms with E-state index in [1.54, 1.807) is 0 Å². The standard InChI is InChI=1S/C13H17N3O5/c1-14(2)11(17)13(19,12(18)15(3)4)9-7-5-6-8-10(9)16(20)21/h5-8,19H,1-4H3. The highest BCUT2D eigenvalue weighted by molar-refractivity contribution is 6.09. The van der Waals surface area contributed by atoms with Crippen molar-refractivity contribution in [2.45, 2.75) is 5.60 Å². The molecule has 2 amide bonds. The maximum Gasteiger partial charge on any atom is 0.276 e. The molecule has 0 saturated heterocycles. The Labute approximate surface area is 121 Å². The Morgan fingerprint density at radius 1 is 1.10 bits per heavy atom. The zero-order valence-electron chi connectivity index (χ0n) is 12.2. The van der Waals surface area contributed by atoms with Crippen LogP contribution in [-0.2, 0) is 15.2 Å². The molecule has 0 fully saturated rings. The van der Waals surface area contributed by atoms with Gasteiger partial charge in [-0.1, -0.05) is 12.1 Å². The normalized spacial score (nSPS) is 10.9. The van der Waals surface area contributed by atoms with E-state index < -0.39 is 28.0 Å². The Morgan fingerprint density at radius 2 is 1.52 bits per heavy atom. The van der Waals surface area contributed by atoms with Gasteiger partial charge in [-0.15, -0.1) is 0 Å². The molecule has 1 aromatic rings. The van der Waals surface area contributed by atoms with Gasteiger partial charge in [0.1, 0.15) is 0 Å². The molecule has 8 heteroatoms. The summed E-state index contributed by atoms with van der Waals surface area (Å²) in [6.45, 7) is 0. The summed E-state index contributed by atoms with van der Waals surface area (Å²) in [5, 5.41) is 21.8. The molecule has 21 heavy (non-hydrogen) atoms.